The minimum atomic E-state index is 0.445. The summed E-state index contributed by atoms with van der Waals surface area (Å²) in [5, 5.41) is 0. The van der Waals surface area contributed by atoms with E-state index < -0.39 is 0 Å². The summed E-state index contributed by atoms with van der Waals surface area (Å²) in [7, 11) is 0. The molecule has 1 saturated heterocycles. The van der Waals surface area contributed by atoms with Gasteiger partial charge in [-0.25, -0.2) is 4.98 Å². The number of hydrogen-bond donors (Lipinski definition) is 2. The molecule has 3 N–H and O–H groups in total. The van der Waals surface area contributed by atoms with E-state index in [0.717, 1.165) is 23.5 Å². The zero-order valence-electron chi connectivity index (χ0n) is 9.19. The topological polar surface area (TPSA) is 57.9 Å². The van der Waals surface area contributed by atoms with Crippen LogP contribution in [-0.4, -0.2) is 29.1 Å². The van der Waals surface area contributed by atoms with E-state index in [1.54, 1.807) is 0 Å². The van der Waals surface area contributed by atoms with E-state index in [1.807, 2.05) is 18.2 Å². The van der Waals surface area contributed by atoms with E-state index in [4.69, 9.17) is 5.73 Å². The molecule has 0 spiro atoms. The predicted octanol–water partition coefficient (Wildman–Crippen LogP) is 1.49. The number of nitrogens with two attached hydrogens (primary N) is 1. The van der Waals surface area contributed by atoms with Gasteiger partial charge in [0.2, 0.25) is 5.95 Å². The Balaban J connectivity index is 1.99. The summed E-state index contributed by atoms with van der Waals surface area (Å²) in [6, 6.07) is 8.56. The first kappa shape index (κ1) is 9.66. The maximum Gasteiger partial charge on any atom is 0.204 e. The van der Waals surface area contributed by atoms with E-state index >= 15 is 0 Å². The fraction of sp³-hybridized carbons (Fsp3) is 0.417. The smallest absolute Gasteiger partial charge is 0.204 e. The summed E-state index contributed by atoms with van der Waals surface area (Å²) in [6.45, 7) is 1.76. The lowest BCUT2D eigenvalue weighted by molar-refractivity contribution is 0.667. The lowest BCUT2D eigenvalue weighted by Crippen LogP contribution is -2.36. The minimum Gasteiger partial charge on any atom is -0.338 e. The van der Waals surface area contributed by atoms with Crippen LogP contribution < -0.4 is 10.6 Å². The van der Waals surface area contributed by atoms with Crippen LogP contribution in [0, 0.1) is 0 Å². The van der Waals surface area contributed by atoms with Gasteiger partial charge in [0.15, 0.2) is 0 Å². The van der Waals surface area contributed by atoms with E-state index in [9.17, 15) is 0 Å². The number of H-pyrrole nitrogens is 1. The molecule has 0 amide bonds. The molecule has 84 valence electrons. The van der Waals surface area contributed by atoms with Crippen LogP contribution in [0.3, 0.4) is 0 Å². The highest BCUT2D eigenvalue weighted by atomic mass is 15.3. The Morgan fingerprint density at radius 1 is 1.44 bits per heavy atom. The Bertz CT molecular complexity index is 457. The molecule has 1 aromatic heterocycles. The summed E-state index contributed by atoms with van der Waals surface area (Å²) in [6.07, 6.45) is 2.38. The molecule has 2 heterocycles. The zero-order chi connectivity index (χ0) is 11.0. The van der Waals surface area contributed by atoms with Crippen molar-refractivity contribution < 1.29 is 0 Å². The van der Waals surface area contributed by atoms with Gasteiger partial charge in [-0.3, -0.25) is 0 Å². The van der Waals surface area contributed by atoms with Crippen LogP contribution in [0.1, 0.15) is 12.8 Å². The second-order valence-corrected chi connectivity index (χ2v) is 4.30. The van der Waals surface area contributed by atoms with Crippen LogP contribution in [-0.2, 0) is 0 Å². The van der Waals surface area contributed by atoms with Crippen LogP contribution in [0.25, 0.3) is 11.0 Å². The quantitative estimate of drug-likeness (QED) is 0.799. The van der Waals surface area contributed by atoms with Gasteiger partial charge >= 0.3 is 0 Å². The second kappa shape index (κ2) is 3.79. The van der Waals surface area contributed by atoms with Crippen LogP contribution in [0.5, 0.6) is 0 Å². The molecule has 2 aromatic rings. The molecule has 1 aromatic carbocycles. The summed E-state index contributed by atoms with van der Waals surface area (Å²) in [5.74, 6) is 0.967. The molecule has 0 unspecified atom stereocenters. The van der Waals surface area contributed by atoms with Crippen molar-refractivity contribution in [3.8, 4) is 0 Å². The number of benzene rings is 1. The molecule has 16 heavy (non-hydrogen) atoms. The third kappa shape index (κ3) is 1.46. The average Bonchev–Trinajstić information content (AvgIpc) is 2.94. The van der Waals surface area contributed by atoms with Gasteiger partial charge in [-0.2, -0.15) is 0 Å². The molecule has 1 fully saturated rings. The number of imidazole rings is 1. The highest BCUT2D eigenvalue weighted by Crippen LogP contribution is 2.24. The fourth-order valence-corrected chi connectivity index (χ4v) is 2.43. The Kier molecular flexibility index (Phi) is 2.29. The summed E-state index contributed by atoms with van der Waals surface area (Å²) >= 11 is 0. The fourth-order valence-electron chi connectivity index (χ4n) is 2.43. The number of anilines is 1. The molecule has 1 atom stereocenters. The molecular formula is C12H16N4. The van der Waals surface area contributed by atoms with Gasteiger partial charge in [-0.1, -0.05) is 12.1 Å². The van der Waals surface area contributed by atoms with Crippen LogP contribution >= 0.6 is 0 Å². The first-order valence-corrected chi connectivity index (χ1v) is 5.80. The van der Waals surface area contributed by atoms with E-state index in [0.29, 0.717) is 12.6 Å². The lowest BCUT2D eigenvalue weighted by Gasteiger charge is -2.22. The summed E-state index contributed by atoms with van der Waals surface area (Å²) < 4.78 is 0. The maximum absolute atomic E-state index is 5.77. The predicted molar refractivity (Wildman–Crippen MR) is 65.5 cm³/mol. The number of rotatable bonds is 2. The minimum absolute atomic E-state index is 0.445. The van der Waals surface area contributed by atoms with Crippen LogP contribution in [0.2, 0.25) is 0 Å². The summed E-state index contributed by atoms with van der Waals surface area (Å²) in [5.41, 5.74) is 7.90. The monoisotopic (exact) mass is 216 g/mol. The van der Waals surface area contributed by atoms with Gasteiger partial charge in [0, 0.05) is 19.1 Å². The zero-order valence-corrected chi connectivity index (χ0v) is 9.19. The number of fused-ring (bicyclic) bond motifs is 1. The maximum atomic E-state index is 5.77. The standard InChI is InChI=1S/C12H16N4/c13-8-9-4-3-7-16(9)12-14-10-5-1-2-6-11(10)15-12/h1-2,5-6,9H,3-4,7-8,13H2,(H,14,15)/t9-/m0/s1. The Morgan fingerprint density at radius 3 is 3.12 bits per heavy atom. The van der Waals surface area contributed by atoms with E-state index in [-0.39, 0.29) is 0 Å². The van der Waals surface area contributed by atoms with E-state index in [1.165, 1.54) is 12.8 Å². The van der Waals surface area contributed by atoms with Crippen molar-refractivity contribution >= 4 is 17.0 Å². The SMILES string of the molecule is NC[C@@H]1CCCN1c1nc2ccccc2[nH]1. The first-order valence-electron chi connectivity index (χ1n) is 5.80. The number of nitrogens with zero attached hydrogens (tertiary/aromatic N) is 2. The third-order valence-electron chi connectivity index (χ3n) is 3.30. The van der Waals surface area contributed by atoms with Crippen molar-refractivity contribution in [2.75, 3.05) is 18.0 Å². The molecule has 0 bridgehead atoms. The first-order chi connectivity index (χ1) is 7.88. The van der Waals surface area contributed by atoms with Crippen molar-refractivity contribution in [2.45, 2.75) is 18.9 Å². The number of aromatic amines is 1. The van der Waals surface area contributed by atoms with Gasteiger partial charge < -0.3 is 15.6 Å². The summed E-state index contributed by atoms with van der Waals surface area (Å²) in [4.78, 5) is 10.3. The van der Waals surface area contributed by atoms with Crippen LogP contribution in [0.4, 0.5) is 5.95 Å². The number of nitrogens with one attached hydrogen (secondary N) is 1. The Labute approximate surface area is 94.5 Å². The normalized spacial score (nSPS) is 20.8. The molecule has 0 aliphatic carbocycles. The van der Waals surface area contributed by atoms with Gasteiger partial charge in [-0.15, -0.1) is 0 Å². The second-order valence-electron chi connectivity index (χ2n) is 4.30. The van der Waals surface area contributed by atoms with Crippen molar-refractivity contribution in [3.05, 3.63) is 24.3 Å². The van der Waals surface area contributed by atoms with E-state index in [2.05, 4.69) is 20.9 Å². The lowest BCUT2D eigenvalue weighted by atomic mass is 10.2. The van der Waals surface area contributed by atoms with Crippen molar-refractivity contribution in [1.29, 1.82) is 0 Å². The number of hydrogen-bond acceptors (Lipinski definition) is 3. The van der Waals surface area contributed by atoms with Gasteiger partial charge in [0.25, 0.3) is 0 Å². The largest absolute Gasteiger partial charge is 0.338 e. The molecule has 0 saturated carbocycles. The third-order valence-corrected chi connectivity index (χ3v) is 3.30. The highest BCUT2D eigenvalue weighted by molar-refractivity contribution is 5.77. The molecular weight excluding hydrogens is 200 g/mol. The Morgan fingerprint density at radius 2 is 2.31 bits per heavy atom. The number of aromatic nitrogens is 2. The Hall–Kier alpha value is -1.55. The van der Waals surface area contributed by atoms with Gasteiger partial charge in [0.1, 0.15) is 0 Å². The van der Waals surface area contributed by atoms with Crippen LogP contribution in [0.15, 0.2) is 24.3 Å². The number of para-hydroxylation sites is 2. The molecule has 1 aliphatic rings. The molecule has 0 radical (unpaired) electrons. The molecule has 3 rings (SSSR count). The molecule has 4 nitrogen and oxygen atoms in total. The van der Waals surface area contributed by atoms with Crippen molar-refractivity contribution in [2.24, 2.45) is 5.73 Å². The van der Waals surface area contributed by atoms with Gasteiger partial charge in [-0.05, 0) is 25.0 Å². The van der Waals surface area contributed by atoms with Crippen molar-refractivity contribution in [1.82, 2.24) is 9.97 Å². The molecule has 4 heteroatoms. The van der Waals surface area contributed by atoms with Crippen molar-refractivity contribution in [3.63, 3.8) is 0 Å². The molecule has 1 aliphatic heterocycles. The average molecular weight is 216 g/mol. The highest BCUT2D eigenvalue weighted by Gasteiger charge is 2.25. The van der Waals surface area contributed by atoms with Gasteiger partial charge in [0.05, 0.1) is 11.0 Å².